The highest BCUT2D eigenvalue weighted by Crippen LogP contribution is 2.63. The van der Waals surface area contributed by atoms with E-state index in [1.165, 1.54) is 48.7 Å². The van der Waals surface area contributed by atoms with E-state index in [2.05, 4.69) is 36.4 Å². The minimum atomic E-state index is 0.754. The molecule has 0 amide bonds. The molecular weight excluding hydrogens is 242 g/mol. The average Bonchev–Trinajstić information content (AvgIpc) is 3.19. The summed E-state index contributed by atoms with van der Waals surface area (Å²) in [5, 5.41) is 1.28. The molecule has 0 N–H and O–H groups in total. The van der Waals surface area contributed by atoms with E-state index in [1.807, 2.05) is 0 Å². The standard InChI is InChI=1S/C19H21N/c1-2-7-18-12(4-1)8-9-19(20-18)17-11-13-10-16(17)15-6-3-5-14(13)15/h1-2,4,7-9,13-17H,3,5-6,10-11H2. The van der Waals surface area contributed by atoms with Gasteiger partial charge in [-0.2, -0.15) is 0 Å². The van der Waals surface area contributed by atoms with Gasteiger partial charge in [0.25, 0.3) is 0 Å². The topological polar surface area (TPSA) is 12.9 Å². The summed E-state index contributed by atoms with van der Waals surface area (Å²) in [6.07, 6.45) is 7.41. The molecule has 5 unspecified atom stereocenters. The van der Waals surface area contributed by atoms with Crippen LogP contribution in [0.5, 0.6) is 0 Å². The minimum Gasteiger partial charge on any atom is -0.253 e. The number of nitrogens with zero attached hydrogens (tertiary/aromatic N) is 1. The molecule has 1 nitrogen and oxygen atoms in total. The highest BCUT2D eigenvalue weighted by atomic mass is 14.7. The summed E-state index contributed by atoms with van der Waals surface area (Å²) >= 11 is 0. The smallest absolute Gasteiger partial charge is 0.0705 e. The lowest BCUT2D eigenvalue weighted by Gasteiger charge is -2.31. The third kappa shape index (κ3) is 1.47. The highest BCUT2D eigenvalue weighted by molar-refractivity contribution is 5.78. The number of hydrogen-bond acceptors (Lipinski definition) is 1. The first-order valence-electron chi connectivity index (χ1n) is 8.26. The van der Waals surface area contributed by atoms with Crippen LogP contribution in [0, 0.1) is 23.7 Å². The lowest BCUT2D eigenvalue weighted by molar-refractivity contribution is 0.230. The number of rotatable bonds is 1. The molecule has 5 atom stereocenters. The lowest BCUT2D eigenvalue weighted by atomic mass is 9.74. The van der Waals surface area contributed by atoms with Crippen LogP contribution in [-0.4, -0.2) is 4.98 Å². The summed E-state index contributed by atoms with van der Waals surface area (Å²) in [7, 11) is 0. The van der Waals surface area contributed by atoms with Gasteiger partial charge in [0, 0.05) is 17.0 Å². The van der Waals surface area contributed by atoms with Crippen LogP contribution in [-0.2, 0) is 0 Å². The molecular formula is C19H21N. The Morgan fingerprint density at radius 2 is 1.75 bits per heavy atom. The van der Waals surface area contributed by atoms with Gasteiger partial charge in [0.2, 0.25) is 0 Å². The van der Waals surface area contributed by atoms with Gasteiger partial charge in [-0.15, -0.1) is 0 Å². The Bertz CT molecular complexity index is 662. The second-order valence-electron chi connectivity index (χ2n) is 7.19. The molecule has 102 valence electrons. The zero-order chi connectivity index (χ0) is 13.1. The molecule has 1 aromatic carbocycles. The molecule has 2 aromatic rings. The van der Waals surface area contributed by atoms with Gasteiger partial charge in [-0.3, -0.25) is 4.98 Å². The summed E-state index contributed by atoms with van der Waals surface area (Å²) in [6, 6.07) is 13.1. The molecule has 3 saturated carbocycles. The van der Waals surface area contributed by atoms with Gasteiger partial charge >= 0.3 is 0 Å². The molecule has 1 heteroatoms. The molecule has 3 aliphatic rings. The second kappa shape index (κ2) is 4.07. The molecule has 1 aromatic heterocycles. The Balaban J connectivity index is 1.53. The predicted octanol–water partition coefficient (Wildman–Crippen LogP) is 4.77. The van der Waals surface area contributed by atoms with Crippen molar-refractivity contribution in [2.75, 3.05) is 0 Å². The van der Waals surface area contributed by atoms with E-state index in [0.29, 0.717) is 0 Å². The molecule has 2 bridgehead atoms. The maximum absolute atomic E-state index is 4.99. The van der Waals surface area contributed by atoms with Crippen LogP contribution < -0.4 is 0 Å². The van der Waals surface area contributed by atoms with E-state index in [4.69, 9.17) is 4.98 Å². The quantitative estimate of drug-likeness (QED) is 0.722. The van der Waals surface area contributed by atoms with Gasteiger partial charge in [-0.05, 0) is 61.5 Å². The first-order valence-corrected chi connectivity index (χ1v) is 8.26. The van der Waals surface area contributed by atoms with Gasteiger partial charge < -0.3 is 0 Å². The van der Waals surface area contributed by atoms with E-state index in [9.17, 15) is 0 Å². The summed E-state index contributed by atoms with van der Waals surface area (Å²) in [6.45, 7) is 0. The van der Waals surface area contributed by atoms with Crippen molar-refractivity contribution >= 4 is 10.9 Å². The predicted molar refractivity (Wildman–Crippen MR) is 81.5 cm³/mol. The fourth-order valence-corrected chi connectivity index (χ4v) is 5.70. The summed E-state index contributed by atoms with van der Waals surface area (Å²) in [5.41, 5.74) is 2.55. The van der Waals surface area contributed by atoms with Crippen LogP contribution in [0.15, 0.2) is 36.4 Å². The number of para-hydroxylation sites is 1. The maximum Gasteiger partial charge on any atom is 0.0705 e. The Morgan fingerprint density at radius 1 is 0.850 bits per heavy atom. The lowest BCUT2D eigenvalue weighted by Crippen LogP contribution is -2.23. The van der Waals surface area contributed by atoms with E-state index >= 15 is 0 Å². The van der Waals surface area contributed by atoms with Crippen molar-refractivity contribution < 1.29 is 0 Å². The molecule has 3 aliphatic carbocycles. The zero-order valence-electron chi connectivity index (χ0n) is 11.8. The molecule has 1 heterocycles. The van der Waals surface area contributed by atoms with Crippen molar-refractivity contribution in [3.63, 3.8) is 0 Å². The number of fused-ring (bicyclic) bond motifs is 6. The van der Waals surface area contributed by atoms with Crippen molar-refractivity contribution in [3.05, 3.63) is 42.1 Å². The van der Waals surface area contributed by atoms with Crippen molar-refractivity contribution in [3.8, 4) is 0 Å². The fraction of sp³-hybridized carbons (Fsp3) is 0.526. The third-order valence-corrected chi connectivity index (χ3v) is 6.43. The van der Waals surface area contributed by atoms with Gasteiger partial charge in [-0.25, -0.2) is 0 Å². The SMILES string of the molecule is c1ccc2nc(C3CC4CC3C3CCCC43)ccc2c1. The van der Waals surface area contributed by atoms with Crippen molar-refractivity contribution in [1.29, 1.82) is 0 Å². The largest absolute Gasteiger partial charge is 0.253 e. The van der Waals surface area contributed by atoms with Crippen LogP contribution in [0.25, 0.3) is 10.9 Å². The first-order chi connectivity index (χ1) is 9.90. The second-order valence-corrected chi connectivity index (χ2v) is 7.19. The maximum atomic E-state index is 4.99. The molecule has 0 spiro atoms. The Hall–Kier alpha value is -1.37. The molecule has 0 radical (unpaired) electrons. The Labute approximate surface area is 120 Å². The van der Waals surface area contributed by atoms with Crippen LogP contribution in [0.4, 0.5) is 0 Å². The van der Waals surface area contributed by atoms with E-state index in [0.717, 1.165) is 29.6 Å². The monoisotopic (exact) mass is 263 g/mol. The van der Waals surface area contributed by atoms with Crippen LogP contribution in [0.1, 0.15) is 43.7 Å². The minimum absolute atomic E-state index is 0.754. The normalized spacial score (nSPS) is 38.5. The van der Waals surface area contributed by atoms with Crippen molar-refractivity contribution in [1.82, 2.24) is 4.98 Å². The van der Waals surface area contributed by atoms with E-state index in [-0.39, 0.29) is 0 Å². The Morgan fingerprint density at radius 3 is 2.75 bits per heavy atom. The van der Waals surface area contributed by atoms with Crippen LogP contribution >= 0.6 is 0 Å². The highest BCUT2D eigenvalue weighted by Gasteiger charge is 2.54. The van der Waals surface area contributed by atoms with Gasteiger partial charge in [-0.1, -0.05) is 30.7 Å². The van der Waals surface area contributed by atoms with Crippen LogP contribution in [0.2, 0.25) is 0 Å². The summed E-state index contributed by atoms with van der Waals surface area (Å²) in [4.78, 5) is 4.99. The van der Waals surface area contributed by atoms with E-state index in [1.54, 1.807) is 0 Å². The zero-order valence-corrected chi connectivity index (χ0v) is 11.8. The van der Waals surface area contributed by atoms with Gasteiger partial charge in [0.15, 0.2) is 0 Å². The molecule has 0 saturated heterocycles. The van der Waals surface area contributed by atoms with E-state index < -0.39 is 0 Å². The molecule has 20 heavy (non-hydrogen) atoms. The number of pyridine rings is 1. The van der Waals surface area contributed by atoms with Gasteiger partial charge in [0.05, 0.1) is 5.52 Å². The fourth-order valence-electron chi connectivity index (χ4n) is 5.70. The molecule has 5 rings (SSSR count). The molecule has 3 fully saturated rings. The van der Waals surface area contributed by atoms with Crippen LogP contribution in [0.3, 0.4) is 0 Å². The third-order valence-electron chi connectivity index (χ3n) is 6.43. The summed E-state index contributed by atoms with van der Waals surface area (Å²) in [5.74, 6) is 4.83. The summed E-state index contributed by atoms with van der Waals surface area (Å²) < 4.78 is 0. The number of hydrogen-bond donors (Lipinski definition) is 0. The first kappa shape index (κ1) is 11.3. The van der Waals surface area contributed by atoms with Gasteiger partial charge in [0.1, 0.15) is 0 Å². The number of aromatic nitrogens is 1. The average molecular weight is 263 g/mol. The van der Waals surface area contributed by atoms with Crippen molar-refractivity contribution in [2.24, 2.45) is 23.7 Å². The van der Waals surface area contributed by atoms with Crippen molar-refractivity contribution in [2.45, 2.75) is 38.0 Å². The number of benzene rings is 1. The Kier molecular flexibility index (Phi) is 2.30. The molecule has 0 aliphatic heterocycles.